The fourth-order valence-electron chi connectivity index (χ4n) is 0.329. The van der Waals surface area contributed by atoms with E-state index in [1.165, 1.54) is 19.9 Å². The van der Waals surface area contributed by atoms with E-state index >= 15 is 0 Å². The van der Waals surface area contributed by atoms with E-state index in [0.717, 1.165) is 0 Å². The molecule has 0 aromatic heterocycles. The molecule has 0 rings (SSSR count). The van der Waals surface area contributed by atoms with Crippen LogP contribution < -0.4 is 0 Å². The zero-order valence-electron chi connectivity index (χ0n) is 6.26. The molecule has 0 heterocycles. The summed E-state index contributed by atoms with van der Waals surface area (Å²) >= 11 is 0. The lowest BCUT2D eigenvalue weighted by molar-refractivity contribution is -0.159. The SMILES string of the molecule is C=CCOC(C)(C)C(=O)O. The second kappa shape index (κ2) is 3.37. The van der Waals surface area contributed by atoms with Crippen molar-refractivity contribution in [3.05, 3.63) is 12.7 Å². The molecule has 0 aromatic rings. The molecule has 1 N–H and O–H groups in total. The lowest BCUT2D eigenvalue weighted by Crippen LogP contribution is -2.34. The van der Waals surface area contributed by atoms with Crippen molar-refractivity contribution in [2.24, 2.45) is 0 Å². The molecule has 0 aromatic carbocycles. The van der Waals surface area contributed by atoms with E-state index in [-0.39, 0.29) is 6.61 Å². The summed E-state index contributed by atoms with van der Waals surface area (Å²) in [5.74, 6) is -0.964. The average molecular weight is 144 g/mol. The summed E-state index contributed by atoms with van der Waals surface area (Å²) < 4.78 is 4.92. The number of ether oxygens (including phenoxy) is 1. The smallest absolute Gasteiger partial charge is 0.335 e. The largest absolute Gasteiger partial charge is 0.479 e. The normalized spacial score (nSPS) is 11.0. The molecular formula is C7H12O3. The molecule has 10 heavy (non-hydrogen) atoms. The van der Waals surface area contributed by atoms with Gasteiger partial charge in [0.2, 0.25) is 0 Å². The fraction of sp³-hybridized carbons (Fsp3) is 0.571. The van der Waals surface area contributed by atoms with Crippen LogP contribution in [0.5, 0.6) is 0 Å². The predicted octanol–water partition coefficient (Wildman–Crippen LogP) is 1.05. The Morgan fingerprint density at radius 1 is 1.80 bits per heavy atom. The van der Waals surface area contributed by atoms with Gasteiger partial charge in [-0.2, -0.15) is 0 Å². The Bertz CT molecular complexity index is 138. The Balaban J connectivity index is 3.86. The van der Waals surface area contributed by atoms with Crippen molar-refractivity contribution in [2.45, 2.75) is 19.4 Å². The van der Waals surface area contributed by atoms with Gasteiger partial charge in [-0.15, -0.1) is 6.58 Å². The fourth-order valence-corrected chi connectivity index (χ4v) is 0.329. The molecule has 0 radical (unpaired) electrons. The van der Waals surface area contributed by atoms with E-state index in [9.17, 15) is 4.79 Å². The lowest BCUT2D eigenvalue weighted by atomic mass is 10.1. The van der Waals surface area contributed by atoms with Crippen LogP contribution in [0.25, 0.3) is 0 Å². The third kappa shape index (κ3) is 2.64. The second-order valence-electron chi connectivity index (χ2n) is 2.42. The first-order chi connectivity index (χ1) is 4.50. The van der Waals surface area contributed by atoms with Crippen LogP contribution in [0.2, 0.25) is 0 Å². The van der Waals surface area contributed by atoms with Crippen molar-refractivity contribution in [3.8, 4) is 0 Å². The molecule has 58 valence electrons. The Labute approximate surface area is 60.3 Å². The molecule has 0 bridgehead atoms. The van der Waals surface area contributed by atoms with Gasteiger partial charge in [-0.1, -0.05) is 6.08 Å². The molecule has 3 nitrogen and oxygen atoms in total. The molecule has 0 saturated heterocycles. The van der Waals surface area contributed by atoms with Crippen molar-refractivity contribution in [3.63, 3.8) is 0 Å². The minimum absolute atomic E-state index is 0.263. The third-order valence-corrected chi connectivity index (χ3v) is 1.08. The van der Waals surface area contributed by atoms with Crippen molar-refractivity contribution in [1.29, 1.82) is 0 Å². The van der Waals surface area contributed by atoms with Crippen LogP contribution in [0, 0.1) is 0 Å². The van der Waals surface area contributed by atoms with Crippen molar-refractivity contribution < 1.29 is 14.6 Å². The second-order valence-corrected chi connectivity index (χ2v) is 2.42. The van der Waals surface area contributed by atoms with Gasteiger partial charge in [0.05, 0.1) is 6.61 Å². The van der Waals surface area contributed by atoms with Crippen molar-refractivity contribution in [1.82, 2.24) is 0 Å². The maximum atomic E-state index is 10.4. The minimum atomic E-state index is -1.10. The number of hydrogen-bond acceptors (Lipinski definition) is 2. The maximum absolute atomic E-state index is 10.4. The molecular weight excluding hydrogens is 132 g/mol. The Kier molecular flexibility index (Phi) is 3.09. The van der Waals surface area contributed by atoms with Gasteiger partial charge in [0.25, 0.3) is 0 Å². The van der Waals surface area contributed by atoms with Gasteiger partial charge in [0.15, 0.2) is 5.60 Å². The van der Waals surface area contributed by atoms with E-state index in [0.29, 0.717) is 0 Å². The van der Waals surface area contributed by atoms with E-state index in [1.54, 1.807) is 0 Å². The molecule has 3 heteroatoms. The molecule has 0 amide bonds. The molecule has 0 saturated carbocycles. The summed E-state index contributed by atoms with van der Waals surface area (Å²) in [6.07, 6.45) is 1.52. The Morgan fingerprint density at radius 3 is 2.60 bits per heavy atom. The first-order valence-corrected chi connectivity index (χ1v) is 2.99. The van der Waals surface area contributed by atoms with Gasteiger partial charge in [-0.25, -0.2) is 4.79 Å². The van der Waals surface area contributed by atoms with Crippen LogP contribution in [-0.4, -0.2) is 23.3 Å². The van der Waals surface area contributed by atoms with Crippen LogP contribution in [0.1, 0.15) is 13.8 Å². The van der Waals surface area contributed by atoms with E-state index < -0.39 is 11.6 Å². The first-order valence-electron chi connectivity index (χ1n) is 2.99. The highest BCUT2D eigenvalue weighted by Gasteiger charge is 2.26. The predicted molar refractivity (Wildman–Crippen MR) is 37.9 cm³/mol. The number of aliphatic carboxylic acids is 1. The van der Waals surface area contributed by atoms with Crippen LogP contribution >= 0.6 is 0 Å². The quantitative estimate of drug-likeness (QED) is 0.600. The highest BCUT2D eigenvalue weighted by molar-refractivity contribution is 5.76. The van der Waals surface area contributed by atoms with Crippen molar-refractivity contribution in [2.75, 3.05) is 6.61 Å². The summed E-state index contributed by atoms with van der Waals surface area (Å²) in [5, 5.41) is 8.51. The zero-order valence-corrected chi connectivity index (χ0v) is 6.26. The van der Waals surface area contributed by atoms with E-state index in [1.807, 2.05) is 0 Å². The molecule has 0 aliphatic rings. The van der Waals surface area contributed by atoms with Gasteiger partial charge >= 0.3 is 5.97 Å². The minimum Gasteiger partial charge on any atom is -0.479 e. The van der Waals surface area contributed by atoms with Gasteiger partial charge < -0.3 is 9.84 Å². The molecule has 0 spiro atoms. The summed E-state index contributed by atoms with van der Waals surface area (Å²) in [6.45, 7) is 6.67. The molecule has 0 atom stereocenters. The summed E-state index contributed by atoms with van der Waals surface area (Å²) in [5.41, 5.74) is -1.10. The summed E-state index contributed by atoms with van der Waals surface area (Å²) in [6, 6.07) is 0. The highest BCUT2D eigenvalue weighted by Crippen LogP contribution is 2.07. The van der Waals surface area contributed by atoms with Gasteiger partial charge in [-0.3, -0.25) is 0 Å². The number of hydrogen-bond donors (Lipinski definition) is 1. The molecule has 0 unspecified atom stereocenters. The third-order valence-electron chi connectivity index (χ3n) is 1.08. The van der Waals surface area contributed by atoms with Crippen LogP contribution in [-0.2, 0) is 9.53 Å². The van der Waals surface area contributed by atoms with Gasteiger partial charge in [0, 0.05) is 0 Å². The topological polar surface area (TPSA) is 46.5 Å². The zero-order chi connectivity index (χ0) is 8.20. The van der Waals surface area contributed by atoms with Crippen LogP contribution in [0.15, 0.2) is 12.7 Å². The summed E-state index contributed by atoms with van der Waals surface area (Å²) in [4.78, 5) is 10.4. The van der Waals surface area contributed by atoms with Gasteiger partial charge in [-0.05, 0) is 13.8 Å². The number of carboxylic acid groups (broad SMARTS) is 1. The standard InChI is InChI=1S/C7H12O3/c1-4-5-10-7(2,3)6(8)9/h4H,1,5H2,2-3H3,(H,8,9). The molecule has 0 fully saturated rings. The maximum Gasteiger partial charge on any atom is 0.335 e. The van der Waals surface area contributed by atoms with Crippen LogP contribution in [0.4, 0.5) is 0 Å². The van der Waals surface area contributed by atoms with Gasteiger partial charge in [0.1, 0.15) is 0 Å². The van der Waals surface area contributed by atoms with E-state index in [2.05, 4.69) is 6.58 Å². The Morgan fingerprint density at radius 2 is 2.30 bits per heavy atom. The molecule has 0 aliphatic heterocycles. The molecule has 0 aliphatic carbocycles. The monoisotopic (exact) mass is 144 g/mol. The first kappa shape index (κ1) is 9.17. The number of carbonyl (C=O) groups is 1. The summed E-state index contributed by atoms with van der Waals surface area (Å²) in [7, 11) is 0. The highest BCUT2D eigenvalue weighted by atomic mass is 16.5. The number of rotatable bonds is 4. The lowest BCUT2D eigenvalue weighted by Gasteiger charge is -2.18. The Hall–Kier alpha value is -0.830. The average Bonchev–Trinajstić information content (AvgIpc) is 1.84. The van der Waals surface area contributed by atoms with Crippen molar-refractivity contribution >= 4 is 5.97 Å². The number of carboxylic acids is 1. The van der Waals surface area contributed by atoms with Crippen LogP contribution in [0.3, 0.4) is 0 Å². The van der Waals surface area contributed by atoms with E-state index in [4.69, 9.17) is 9.84 Å².